The molecule has 0 aromatic heterocycles. The topological polar surface area (TPSA) is 27.7 Å². The predicted octanol–water partition coefficient (Wildman–Crippen LogP) is 3.43. The normalized spacial score (nSPS) is 30.4. The fourth-order valence-corrected chi connectivity index (χ4v) is 3.29. The minimum absolute atomic E-state index is 0.194. The highest BCUT2D eigenvalue weighted by Crippen LogP contribution is 2.54. The summed E-state index contributed by atoms with van der Waals surface area (Å²) >= 11 is 0. The maximum absolute atomic E-state index is 14.6. The molecule has 2 saturated heterocycles. The molecule has 1 spiro atoms. The highest BCUT2D eigenvalue weighted by molar-refractivity contribution is 6.53. The van der Waals surface area contributed by atoms with Gasteiger partial charge in [-0.3, -0.25) is 0 Å². The summed E-state index contributed by atoms with van der Waals surface area (Å²) in [5, 5.41) is 0. The third-order valence-corrected chi connectivity index (χ3v) is 5.53. The van der Waals surface area contributed by atoms with Crippen molar-refractivity contribution >= 4 is 7.12 Å². The van der Waals surface area contributed by atoms with E-state index in [2.05, 4.69) is 0 Å². The second-order valence-electron chi connectivity index (χ2n) is 7.51. The minimum Gasteiger partial charge on any atom is -0.398 e. The Hall–Kier alpha value is -0.385. The average molecular weight is 282 g/mol. The standard InChI is InChI=1S/C15H24BFO3/c1-13(2)14(3,4)20-16(19-13)12(17)11-9-15(10-11)5-7-18-8-6-15/h5-10H2,1-4H3. The molecule has 1 aliphatic carbocycles. The van der Waals surface area contributed by atoms with Gasteiger partial charge >= 0.3 is 7.12 Å². The molecule has 0 aromatic carbocycles. The second-order valence-corrected chi connectivity index (χ2v) is 7.51. The fraction of sp³-hybridized carbons (Fsp3) is 0.867. The van der Waals surface area contributed by atoms with E-state index in [4.69, 9.17) is 14.0 Å². The van der Waals surface area contributed by atoms with Crippen molar-refractivity contribution in [1.29, 1.82) is 0 Å². The molecule has 0 atom stereocenters. The van der Waals surface area contributed by atoms with Gasteiger partial charge in [0.15, 0.2) is 0 Å². The first-order chi connectivity index (χ1) is 9.25. The molecule has 0 radical (unpaired) electrons. The number of halogens is 1. The number of hydrogen-bond acceptors (Lipinski definition) is 3. The molecule has 2 heterocycles. The van der Waals surface area contributed by atoms with Crippen LogP contribution in [-0.2, 0) is 14.0 Å². The Balaban J connectivity index is 1.69. The molecule has 0 bridgehead atoms. The van der Waals surface area contributed by atoms with Crippen LogP contribution < -0.4 is 0 Å². The smallest absolute Gasteiger partial charge is 0.398 e. The first-order valence-electron chi connectivity index (χ1n) is 7.56. The number of hydrogen-bond donors (Lipinski definition) is 0. The van der Waals surface area contributed by atoms with E-state index in [0.717, 1.165) is 44.5 Å². The summed E-state index contributed by atoms with van der Waals surface area (Å²) < 4.78 is 31.5. The zero-order valence-electron chi connectivity index (χ0n) is 12.9. The molecule has 1 saturated carbocycles. The Labute approximate surface area is 121 Å². The summed E-state index contributed by atoms with van der Waals surface area (Å²) in [5.41, 5.74) is 0.0195. The van der Waals surface area contributed by atoms with Gasteiger partial charge in [0.2, 0.25) is 0 Å². The Morgan fingerprint density at radius 1 is 1.00 bits per heavy atom. The molecular weight excluding hydrogens is 258 g/mol. The Morgan fingerprint density at radius 2 is 1.50 bits per heavy atom. The molecular formula is C15H24BFO3. The van der Waals surface area contributed by atoms with Crippen molar-refractivity contribution in [2.75, 3.05) is 13.2 Å². The molecule has 0 unspecified atom stereocenters. The first-order valence-corrected chi connectivity index (χ1v) is 7.56. The third-order valence-electron chi connectivity index (χ3n) is 5.53. The molecule has 0 aromatic rings. The minimum atomic E-state index is -0.827. The van der Waals surface area contributed by atoms with Crippen LogP contribution in [0.4, 0.5) is 4.39 Å². The number of rotatable bonds is 1. The summed E-state index contributed by atoms with van der Waals surface area (Å²) in [5.74, 6) is 0. The lowest BCUT2D eigenvalue weighted by Gasteiger charge is -2.46. The molecule has 0 N–H and O–H groups in total. The Morgan fingerprint density at radius 3 is 2.00 bits per heavy atom. The van der Waals surface area contributed by atoms with Gasteiger partial charge in [-0.1, -0.05) is 0 Å². The van der Waals surface area contributed by atoms with Gasteiger partial charge in [0, 0.05) is 13.2 Å². The van der Waals surface area contributed by atoms with Crippen molar-refractivity contribution in [3.8, 4) is 0 Å². The molecule has 20 heavy (non-hydrogen) atoms. The first kappa shape index (κ1) is 14.5. The van der Waals surface area contributed by atoms with Crippen LogP contribution >= 0.6 is 0 Å². The largest absolute Gasteiger partial charge is 0.525 e. The Bertz CT molecular complexity index is 412. The van der Waals surface area contributed by atoms with Crippen molar-refractivity contribution in [3.63, 3.8) is 0 Å². The van der Waals surface area contributed by atoms with Crippen LogP contribution in [0.25, 0.3) is 0 Å². The lowest BCUT2D eigenvalue weighted by atomic mass is 9.59. The van der Waals surface area contributed by atoms with Crippen LogP contribution in [0, 0.1) is 5.41 Å². The predicted molar refractivity (Wildman–Crippen MR) is 75.9 cm³/mol. The summed E-state index contributed by atoms with van der Waals surface area (Å²) in [4.78, 5) is 0. The van der Waals surface area contributed by atoms with Crippen molar-refractivity contribution in [1.82, 2.24) is 0 Å². The maximum atomic E-state index is 14.6. The van der Waals surface area contributed by atoms with Crippen LogP contribution in [0.15, 0.2) is 11.3 Å². The van der Waals surface area contributed by atoms with Crippen LogP contribution in [-0.4, -0.2) is 31.5 Å². The summed E-state index contributed by atoms with van der Waals surface area (Å²) in [6.07, 6.45) is 3.78. The summed E-state index contributed by atoms with van der Waals surface area (Å²) in [6, 6.07) is 0. The molecule has 5 heteroatoms. The lowest BCUT2D eigenvalue weighted by Crippen LogP contribution is -2.41. The van der Waals surface area contributed by atoms with Gasteiger partial charge in [0.25, 0.3) is 0 Å². The van der Waals surface area contributed by atoms with E-state index in [9.17, 15) is 4.39 Å². The summed E-state index contributed by atoms with van der Waals surface area (Å²) in [7, 11) is -0.827. The van der Waals surface area contributed by atoms with Crippen LogP contribution in [0.2, 0.25) is 0 Å². The van der Waals surface area contributed by atoms with Gasteiger partial charge in [-0.15, -0.1) is 0 Å². The van der Waals surface area contributed by atoms with Gasteiger partial charge < -0.3 is 14.0 Å². The van der Waals surface area contributed by atoms with E-state index in [-0.39, 0.29) is 11.1 Å². The van der Waals surface area contributed by atoms with E-state index >= 15 is 0 Å². The molecule has 3 fully saturated rings. The quantitative estimate of drug-likeness (QED) is 0.690. The highest BCUT2D eigenvalue weighted by Gasteiger charge is 2.55. The van der Waals surface area contributed by atoms with Crippen LogP contribution in [0.3, 0.4) is 0 Å². The zero-order chi connectivity index (χ0) is 14.6. The SMILES string of the molecule is CC1(C)OB(C(F)=C2CC3(CCOCC3)C2)OC1(C)C. The van der Waals surface area contributed by atoms with E-state index in [1.54, 1.807) is 0 Å². The number of allylic oxidation sites excluding steroid dienone is 1. The van der Waals surface area contributed by atoms with E-state index < -0.39 is 18.3 Å². The van der Waals surface area contributed by atoms with Crippen LogP contribution in [0.1, 0.15) is 53.4 Å². The summed E-state index contributed by atoms with van der Waals surface area (Å²) in [6.45, 7) is 9.42. The van der Waals surface area contributed by atoms with Crippen molar-refractivity contribution in [2.24, 2.45) is 5.41 Å². The monoisotopic (exact) mass is 282 g/mol. The fourth-order valence-electron chi connectivity index (χ4n) is 3.29. The average Bonchev–Trinajstić information content (AvgIpc) is 2.55. The van der Waals surface area contributed by atoms with E-state index in [0.29, 0.717) is 0 Å². The molecule has 3 rings (SSSR count). The van der Waals surface area contributed by atoms with Crippen molar-refractivity contribution in [3.05, 3.63) is 11.3 Å². The molecule has 3 aliphatic rings. The maximum Gasteiger partial charge on any atom is 0.525 e. The van der Waals surface area contributed by atoms with Crippen LogP contribution in [0.5, 0.6) is 0 Å². The molecule has 3 nitrogen and oxygen atoms in total. The molecule has 2 aliphatic heterocycles. The van der Waals surface area contributed by atoms with Gasteiger partial charge in [-0.25, -0.2) is 4.39 Å². The Kier molecular flexibility index (Phi) is 3.31. The van der Waals surface area contributed by atoms with Gasteiger partial charge in [0.1, 0.15) is 5.73 Å². The van der Waals surface area contributed by atoms with E-state index in [1.807, 2.05) is 27.7 Å². The number of ether oxygens (including phenoxy) is 1. The second kappa shape index (κ2) is 4.55. The van der Waals surface area contributed by atoms with Gasteiger partial charge in [0.05, 0.1) is 11.2 Å². The lowest BCUT2D eigenvalue weighted by molar-refractivity contribution is -0.00674. The zero-order valence-corrected chi connectivity index (χ0v) is 12.9. The highest BCUT2D eigenvalue weighted by atomic mass is 19.1. The van der Waals surface area contributed by atoms with Gasteiger partial charge in [-0.2, -0.15) is 0 Å². The third kappa shape index (κ3) is 2.24. The van der Waals surface area contributed by atoms with E-state index in [1.165, 1.54) is 0 Å². The van der Waals surface area contributed by atoms with Crippen molar-refractivity contribution in [2.45, 2.75) is 64.6 Å². The van der Waals surface area contributed by atoms with Gasteiger partial charge in [-0.05, 0) is 64.4 Å². The molecule has 112 valence electrons. The van der Waals surface area contributed by atoms with Crippen molar-refractivity contribution < 1.29 is 18.4 Å². The molecule has 0 amide bonds.